The van der Waals surface area contributed by atoms with Gasteiger partial charge in [0.2, 0.25) is 0 Å². The number of hydrogen-bond acceptors (Lipinski definition) is 3. The molecule has 0 aliphatic rings. The first-order valence-electron chi connectivity index (χ1n) is 6.32. The van der Waals surface area contributed by atoms with E-state index in [1.807, 2.05) is 30.5 Å². The number of rotatable bonds is 3. The normalized spacial score (nSPS) is 9.86. The molecule has 0 bridgehead atoms. The molecule has 0 aliphatic carbocycles. The molecule has 1 amide bonds. The van der Waals surface area contributed by atoms with E-state index in [1.165, 1.54) is 0 Å². The number of thiophene rings is 1. The quantitative estimate of drug-likeness (QED) is 0.823. The monoisotopic (exact) mass is 363 g/mol. The molecular formula is C16H14BrNO2S. The molecule has 1 aromatic heterocycles. The number of aliphatic hydroxyl groups is 1. The molecule has 0 radical (unpaired) electrons. The number of benzene rings is 1. The Morgan fingerprint density at radius 3 is 2.90 bits per heavy atom. The Morgan fingerprint density at radius 2 is 2.24 bits per heavy atom. The van der Waals surface area contributed by atoms with Crippen molar-refractivity contribution in [2.24, 2.45) is 0 Å². The first kappa shape index (κ1) is 15.8. The van der Waals surface area contributed by atoms with Crippen LogP contribution in [0.2, 0.25) is 0 Å². The summed E-state index contributed by atoms with van der Waals surface area (Å²) in [6.45, 7) is 2.18. The third kappa shape index (κ3) is 4.18. The summed E-state index contributed by atoms with van der Waals surface area (Å²) in [6, 6.07) is 7.40. The number of nitrogens with one attached hydrogen (secondary N) is 1. The molecule has 0 atom stereocenters. The lowest BCUT2D eigenvalue weighted by Gasteiger charge is -2.08. The van der Waals surface area contributed by atoms with Crippen LogP contribution in [-0.2, 0) is 6.54 Å². The highest BCUT2D eigenvalue weighted by Gasteiger charge is 2.10. The highest BCUT2D eigenvalue weighted by atomic mass is 79.9. The molecule has 0 unspecified atom stereocenters. The highest BCUT2D eigenvalue weighted by Crippen LogP contribution is 2.22. The van der Waals surface area contributed by atoms with Gasteiger partial charge in [0, 0.05) is 20.5 Å². The van der Waals surface area contributed by atoms with E-state index in [1.54, 1.807) is 17.4 Å². The summed E-state index contributed by atoms with van der Waals surface area (Å²) in [5.41, 5.74) is 2.22. The third-order valence-electron chi connectivity index (χ3n) is 2.89. The van der Waals surface area contributed by atoms with Crippen molar-refractivity contribution in [2.75, 3.05) is 6.61 Å². The fourth-order valence-electron chi connectivity index (χ4n) is 1.79. The second kappa shape index (κ2) is 7.41. The Labute approximate surface area is 136 Å². The van der Waals surface area contributed by atoms with Crippen LogP contribution in [0.5, 0.6) is 0 Å². The molecule has 0 saturated carbocycles. The maximum Gasteiger partial charge on any atom is 0.251 e. The van der Waals surface area contributed by atoms with Gasteiger partial charge in [-0.3, -0.25) is 4.79 Å². The van der Waals surface area contributed by atoms with Crippen LogP contribution in [-0.4, -0.2) is 17.6 Å². The molecule has 0 saturated heterocycles. The largest absolute Gasteiger partial charge is 0.384 e. The van der Waals surface area contributed by atoms with Crippen LogP contribution in [0.1, 0.15) is 26.4 Å². The fraction of sp³-hybridized carbons (Fsp3) is 0.188. The van der Waals surface area contributed by atoms with Gasteiger partial charge in [-0.15, -0.1) is 11.3 Å². The van der Waals surface area contributed by atoms with Crippen LogP contribution >= 0.6 is 27.3 Å². The summed E-state index contributed by atoms with van der Waals surface area (Å²) in [5.74, 6) is 5.27. The van der Waals surface area contributed by atoms with E-state index in [9.17, 15) is 4.79 Å². The summed E-state index contributed by atoms with van der Waals surface area (Å²) < 4.78 is 1.01. The zero-order valence-electron chi connectivity index (χ0n) is 11.4. The van der Waals surface area contributed by atoms with E-state index in [2.05, 4.69) is 33.1 Å². The van der Waals surface area contributed by atoms with Gasteiger partial charge in [-0.2, -0.15) is 0 Å². The van der Waals surface area contributed by atoms with Gasteiger partial charge in [0.05, 0.1) is 6.54 Å². The van der Waals surface area contributed by atoms with Crippen molar-refractivity contribution < 1.29 is 9.90 Å². The molecule has 2 aromatic rings. The lowest BCUT2D eigenvalue weighted by Crippen LogP contribution is -2.23. The average Bonchev–Trinajstić information content (AvgIpc) is 2.89. The van der Waals surface area contributed by atoms with Crippen molar-refractivity contribution in [2.45, 2.75) is 13.5 Å². The molecule has 21 heavy (non-hydrogen) atoms. The van der Waals surface area contributed by atoms with Crippen LogP contribution in [0.3, 0.4) is 0 Å². The van der Waals surface area contributed by atoms with Crippen LogP contribution < -0.4 is 5.32 Å². The standard InChI is InChI=1S/C16H14BrNO2S/c1-11-4-5-12(3-2-7-19)9-13(11)16(20)18-10-15-14(17)6-8-21-15/h4-6,8-9,19H,7,10H2,1H3,(H,18,20). The Morgan fingerprint density at radius 1 is 1.43 bits per heavy atom. The smallest absolute Gasteiger partial charge is 0.251 e. The number of aryl methyl sites for hydroxylation is 1. The Kier molecular flexibility index (Phi) is 5.57. The van der Waals surface area contributed by atoms with E-state index in [4.69, 9.17) is 5.11 Å². The first-order valence-corrected chi connectivity index (χ1v) is 7.99. The molecule has 2 rings (SSSR count). The van der Waals surface area contributed by atoms with Crippen LogP contribution in [0.4, 0.5) is 0 Å². The lowest BCUT2D eigenvalue weighted by molar-refractivity contribution is 0.0950. The molecule has 2 N–H and O–H groups in total. The highest BCUT2D eigenvalue weighted by molar-refractivity contribution is 9.10. The van der Waals surface area contributed by atoms with Crippen molar-refractivity contribution >= 4 is 33.2 Å². The summed E-state index contributed by atoms with van der Waals surface area (Å²) in [7, 11) is 0. The number of carbonyl (C=O) groups is 1. The van der Waals surface area contributed by atoms with Gasteiger partial charge in [0.15, 0.2) is 0 Å². The van der Waals surface area contributed by atoms with E-state index in [-0.39, 0.29) is 12.5 Å². The van der Waals surface area contributed by atoms with E-state index in [0.29, 0.717) is 12.1 Å². The molecule has 1 aromatic carbocycles. The number of amides is 1. The molecular weight excluding hydrogens is 350 g/mol. The van der Waals surface area contributed by atoms with Gasteiger partial charge in [0.1, 0.15) is 6.61 Å². The molecule has 3 nitrogen and oxygen atoms in total. The van der Waals surface area contributed by atoms with Gasteiger partial charge < -0.3 is 10.4 Å². The van der Waals surface area contributed by atoms with Crippen LogP contribution in [0, 0.1) is 18.8 Å². The summed E-state index contributed by atoms with van der Waals surface area (Å²) in [6.07, 6.45) is 0. The SMILES string of the molecule is Cc1ccc(C#CCO)cc1C(=O)NCc1sccc1Br. The maximum absolute atomic E-state index is 12.3. The van der Waals surface area contributed by atoms with Crippen molar-refractivity contribution in [3.8, 4) is 11.8 Å². The number of carbonyl (C=O) groups excluding carboxylic acids is 1. The minimum Gasteiger partial charge on any atom is -0.384 e. The van der Waals surface area contributed by atoms with Gasteiger partial charge in [-0.25, -0.2) is 0 Å². The second-order valence-electron chi connectivity index (χ2n) is 4.36. The molecule has 0 aliphatic heterocycles. The molecule has 108 valence electrons. The zero-order valence-corrected chi connectivity index (χ0v) is 13.8. The molecule has 1 heterocycles. The van der Waals surface area contributed by atoms with Crippen LogP contribution in [0.25, 0.3) is 0 Å². The number of halogens is 1. The van der Waals surface area contributed by atoms with Gasteiger partial charge in [0.25, 0.3) is 5.91 Å². The molecule has 5 heteroatoms. The van der Waals surface area contributed by atoms with Gasteiger partial charge in [-0.05, 0) is 52.0 Å². The predicted octanol–water partition coefficient (Wildman–Crippen LogP) is 3.09. The Hall–Kier alpha value is -1.61. The number of hydrogen-bond donors (Lipinski definition) is 2. The summed E-state index contributed by atoms with van der Waals surface area (Å²) >= 11 is 5.04. The summed E-state index contributed by atoms with van der Waals surface area (Å²) in [5, 5.41) is 13.6. The van der Waals surface area contributed by atoms with E-state index in [0.717, 1.165) is 20.5 Å². The third-order valence-corrected chi connectivity index (χ3v) is 4.82. The van der Waals surface area contributed by atoms with Crippen molar-refractivity contribution in [3.63, 3.8) is 0 Å². The lowest BCUT2D eigenvalue weighted by atomic mass is 10.0. The van der Waals surface area contributed by atoms with Crippen molar-refractivity contribution in [3.05, 3.63) is 55.7 Å². The van der Waals surface area contributed by atoms with Gasteiger partial charge >= 0.3 is 0 Å². The average molecular weight is 364 g/mol. The summed E-state index contributed by atoms with van der Waals surface area (Å²) in [4.78, 5) is 13.4. The van der Waals surface area contributed by atoms with E-state index >= 15 is 0 Å². The minimum atomic E-state index is -0.193. The minimum absolute atomic E-state index is 0.125. The molecule has 0 spiro atoms. The maximum atomic E-state index is 12.3. The Balaban J connectivity index is 2.13. The first-order chi connectivity index (χ1) is 10.1. The number of aliphatic hydroxyl groups excluding tert-OH is 1. The topological polar surface area (TPSA) is 49.3 Å². The Bertz CT molecular complexity index is 713. The molecule has 0 fully saturated rings. The fourth-order valence-corrected chi connectivity index (χ4v) is 3.23. The van der Waals surface area contributed by atoms with Gasteiger partial charge in [-0.1, -0.05) is 17.9 Å². The van der Waals surface area contributed by atoms with Crippen LogP contribution in [0.15, 0.2) is 34.1 Å². The zero-order chi connectivity index (χ0) is 15.2. The predicted molar refractivity (Wildman–Crippen MR) is 88.3 cm³/mol. The van der Waals surface area contributed by atoms with E-state index < -0.39 is 0 Å². The second-order valence-corrected chi connectivity index (χ2v) is 6.22. The van der Waals surface area contributed by atoms with Crippen molar-refractivity contribution in [1.82, 2.24) is 5.32 Å². The van der Waals surface area contributed by atoms with Crippen molar-refractivity contribution in [1.29, 1.82) is 0 Å².